The van der Waals surface area contributed by atoms with Gasteiger partial charge in [0.05, 0.1) is 12.1 Å². The summed E-state index contributed by atoms with van der Waals surface area (Å²) in [6.45, 7) is 1.41. The van der Waals surface area contributed by atoms with Crippen LogP contribution in [0.3, 0.4) is 0 Å². The van der Waals surface area contributed by atoms with Crippen LogP contribution < -0.4 is 0 Å². The normalized spacial score (nSPS) is 10.1. The Balaban J connectivity index is 2.44. The number of pyridine rings is 1. The van der Waals surface area contributed by atoms with E-state index in [0.29, 0.717) is 11.3 Å². The van der Waals surface area contributed by atoms with E-state index >= 15 is 0 Å². The van der Waals surface area contributed by atoms with Crippen molar-refractivity contribution in [3.8, 4) is 11.3 Å². The van der Waals surface area contributed by atoms with E-state index in [2.05, 4.69) is 4.98 Å². The van der Waals surface area contributed by atoms with E-state index in [-0.39, 0.29) is 18.0 Å². The van der Waals surface area contributed by atoms with Crippen LogP contribution in [0.15, 0.2) is 48.7 Å². The Labute approximate surface area is 105 Å². The molecule has 1 aromatic carbocycles. The molecule has 0 N–H and O–H groups in total. The summed E-state index contributed by atoms with van der Waals surface area (Å²) in [5.41, 5.74) is 2.01. The Morgan fingerprint density at radius 3 is 2.44 bits per heavy atom. The van der Waals surface area contributed by atoms with Gasteiger partial charge in [-0.05, 0) is 19.1 Å². The van der Waals surface area contributed by atoms with Gasteiger partial charge in [-0.1, -0.05) is 30.3 Å². The number of rotatable bonds is 4. The third-order valence-corrected chi connectivity index (χ3v) is 2.56. The first-order chi connectivity index (χ1) is 8.68. The molecule has 18 heavy (non-hydrogen) atoms. The van der Waals surface area contributed by atoms with Gasteiger partial charge in [0, 0.05) is 17.3 Å². The van der Waals surface area contributed by atoms with Crippen LogP contribution in [-0.2, 0) is 4.79 Å². The van der Waals surface area contributed by atoms with Crippen LogP contribution >= 0.6 is 0 Å². The summed E-state index contributed by atoms with van der Waals surface area (Å²) < 4.78 is 0. The summed E-state index contributed by atoms with van der Waals surface area (Å²) >= 11 is 0. The van der Waals surface area contributed by atoms with Crippen molar-refractivity contribution in [2.45, 2.75) is 13.3 Å². The zero-order valence-electron chi connectivity index (χ0n) is 10.1. The smallest absolute Gasteiger partial charge is 0.172 e. The molecule has 1 aromatic heterocycles. The van der Waals surface area contributed by atoms with Crippen molar-refractivity contribution in [2.75, 3.05) is 0 Å². The predicted octanol–water partition coefficient (Wildman–Crippen LogP) is 2.91. The summed E-state index contributed by atoms with van der Waals surface area (Å²) in [7, 11) is 0. The van der Waals surface area contributed by atoms with Crippen molar-refractivity contribution in [2.24, 2.45) is 0 Å². The molecule has 0 amide bonds. The fourth-order valence-corrected chi connectivity index (χ4v) is 1.78. The summed E-state index contributed by atoms with van der Waals surface area (Å²) in [5, 5.41) is 0. The zero-order valence-corrected chi connectivity index (χ0v) is 10.1. The summed E-state index contributed by atoms with van der Waals surface area (Å²) in [6.07, 6.45) is 1.57. The standard InChI is InChI=1S/C15H13NO2/c1-11(17)10-14(18)13-8-5-9-16-15(13)12-6-3-2-4-7-12/h2-9H,10H2,1H3. The molecule has 0 saturated carbocycles. The highest BCUT2D eigenvalue weighted by Gasteiger charge is 2.14. The Morgan fingerprint density at radius 1 is 1.06 bits per heavy atom. The molecule has 0 atom stereocenters. The Bertz CT molecular complexity index is 576. The van der Waals surface area contributed by atoms with Crippen molar-refractivity contribution < 1.29 is 9.59 Å². The Hall–Kier alpha value is -2.29. The fourth-order valence-electron chi connectivity index (χ4n) is 1.78. The molecule has 0 aliphatic carbocycles. The number of Topliss-reactive ketones (excluding diaryl/α,β-unsaturated/α-hetero) is 2. The number of carbonyl (C=O) groups is 2. The van der Waals surface area contributed by atoms with E-state index in [0.717, 1.165) is 5.56 Å². The lowest BCUT2D eigenvalue weighted by Gasteiger charge is -2.06. The first kappa shape index (κ1) is 12.2. The lowest BCUT2D eigenvalue weighted by molar-refractivity contribution is -0.116. The van der Waals surface area contributed by atoms with Crippen LogP contribution in [0.2, 0.25) is 0 Å². The Morgan fingerprint density at radius 2 is 1.78 bits per heavy atom. The summed E-state index contributed by atoms with van der Waals surface area (Å²) in [4.78, 5) is 27.3. The molecule has 3 nitrogen and oxygen atoms in total. The van der Waals surface area contributed by atoms with Crippen molar-refractivity contribution in [3.05, 3.63) is 54.2 Å². The van der Waals surface area contributed by atoms with Crippen LogP contribution in [0.4, 0.5) is 0 Å². The van der Waals surface area contributed by atoms with Gasteiger partial charge in [0.15, 0.2) is 5.78 Å². The topological polar surface area (TPSA) is 47.0 Å². The second-order valence-electron chi connectivity index (χ2n) is 4.07. The third kappa shape index (κ3) is 2.69. The van der Waals surface area contributed by atoms with Gasteiger partial charge in [-0.15, -0.1) is 0 Å². The second kappa shape index (κ2) is 5.36. The molecular weight excluding hydrogens is 226 g/mol. The van der Waals surface area contributed by atoms with E-state index in [1.807, 2.05) is 30.3 Å². The molecule has 0 radical (unpaired) electrons. The van der Waals surface area contributed by atoms with Crippen molar-refractivity contribution in [1.29, 1.82) is 0 Å². The van der Waals surface area contributed by atoms with E-state index in [4.69, 9.17) is 0 Å². The second-order valence-corrected chi connectivity index (χ2v) is 4.07. The number of carbonyl (C=O) groups excluding carboxylic acids is 2. The number of hydrogen-bond donors (Lipinski definition) is 0. The molecule has 3 heteroatoms. The highest BCUT2D eigenvalue weighted by atomic mass is 16.1. The molecule has 2 rings (SSSR count). The predicted molar refractivity (Wildman–Crippen MR) is 69.3 cm³/mol. The van der Waals surface area contributed by atoms with Gasteiger partial charge in [-0.3, -0.25) is 14.6 Å². The number of ketones is 2. The minimum absolute atomic E-state index is 0.0779. The van der Waals surface area contributed by atoms with Gasteiger partial charge in [0.25, 0.3) is 0 Å². The first-order valence-corrected chi connectivity index (χ1v) is 5.71. The van der Waals surface area contributed by atoms with Crippen LogP contribution in [0.5, 0.6) is 0 Å². The molecule has 0 aliphatic heterocycles. The Kier molecular flexibility index (Phi) is 3.63. The molecule has 0 bridgehead atoms. The van der Waals surface area contributed by atoms with Gasteiger partial charge >= 0.3 is 0 Å². The van der Waals surface area contributed by atoms with Gasteiger partial charge < -0.3 is 0 Å². The monoisotopic (exact) mass is 239 g/mol. The number of aromatic nitrogens is 1. The van der Waals surface area contributed by atoms with Gasteiger partial charge in [0.1, 0.15) is 5.78 Å². The lowest BCUT2D eigenvalue weighted by atomic mass is 10.0. The van der Waals surface area contributed by atoms with E-state index in [9.17, 15) is 9.59 Å². The first-order valence-electron chi connectivity index (χ1n) is 5.71. The minimum Gasteiger partial charge on any atom is -0.300 e. The van der Waals surface area contributed by atoms with Gasteiger partial charge in [0.2, 0.25) is 0 Å². The molecule has 0 spiro atoms. The average Bonchev–Trinajstić information content (AvgIpc) is 2.39. The van der Waals surface area contributed by atoms with Crippen LogP contribution in [-0.4, -0.2) is 16.6 Å². The minimum atomic E-state index is -0.186. The average molecular weight is 239 g/mol. The maximum Gasteiger partial charge on any atom is 0.172 e. The van der Waals surface area contributed by atoms with Crippen LogP contribution in [0.25, 0.3) is 11.3 Å². The zero-order chi connectivity index (χ0) is 13.0. The molecule has 2 aromatic rings. The molecule has 0 aliphatic rings. The lowest BCUT2D eigenvalue weighted by Crippen LogP contribution is -2.07. The maximum atomic E-state index is 12.0. The van der Waals surface area contributed by atoms with E-state index < -0.39 is 0 Å². The van der Waals surface area contributed by atoms with E-state index in [1.54, 1.807) is 18.3 Å². The molecule has 90 valence electrons. The fraction of sp³-hybridized carbons (Fsp3) is 0.133. The molecule has 0 unspecified atom stereocenters. The quantitative estimate of drug-likeness (QED) is 0.608. The highest BCUT2D eigenvalue weighted by Crippen LogP contribution is 2.21. The molecular formula is C15H13NO2. The SMILES string of the molecule is CC(=O)CC(=O)c1cccnc1-c1ccccc1. The van der Waals surface area contributed by atoms with Crippen LogP contribution in [0, 0.1) is 0 Å². The van der Waals surface area contributed by atoms with Gasteiger partial charge in [-0.2, -0.15) is 0 Å². The summed E-state index contributed by atoms with van der Waals surface area (Å²) in [6, 6.07) is 12.9. The number of benzene rings is 1. The van der Waals surface area contributed by atoms with Crippen LogP contribution in [0.1, 0.15) is 23.7 Å². The van der Waals surface area contributed by atoms with Crippen molar-refractivity contribution in [1.82, 2.24) is 4.98 Å². The highest BCUT2D eigenvalue weighted by molar-refractivity contribution is 6.10. The number of nitrogens with zero attached hydrogens (tertiary/aromatic N) is 1. The molecule has 0 saturated heterocycles. The largest absolute Gasteiger partial charge is 0.300 e. The molecule has 0 fully saturated rings. The number of hydrogen-bond acceptors (Lipinski definition) is 3. The van der Waals surface area contributed by atoms with Crippen molar-refractivity contribution in [3.63, 3.8) is 0 Å². The maximum absolute atomic E-state index is 12.0. The molecule has 1 heterocycles. The van der Waals surface area contributed by atoms with Gasteiger partial charge in [-0.25, -0.2) is 0 Å². The van der Waals surface area contributed by atoms with Crippen molar-refractivity contribution >= 4 is 11.6 Å². The third-order valence-electron chi connectivity index (χ3n) is 2.56. The van der Waals surface area contributed by atoms with E-state index in [1.165, 1.54) is 6.92 Å². The summed E-state index contributed by atoms with van der Waals surface area (Å²) in [5.74, 6) is -0.322.